The lowest BCUT2D eigenvalue weighted by molar-refractivity contribution is 0.208. The predicted octanol–water partition coefficient (Wildman–Crippen LogP) is 5.08. The Bertz CT molecular complexity index is 1130. The van der Waals surface area contributed by atoms with Crippen LogP contribution in [-0.4, -0.2) is 47.1 Å². The van der Waals surface area contributed by atoms with Gasteiger partial charge in [0.2, 0.25) is 0 Å². The predicted molar refractivity (Wildman–Crippen MR) is 130 cm³/mol. The number of amides is 2. The van der Waals surface area contributed by atoms with Crippen LogP contribution < -0.4 is 10.2 Å². The highest BCUT2D eigenvalue weighted by molar-refractivity contribution is 6.30. The van der Waals surface area contributed by atoms with Crippen LogP contribution in [0.5, 0.6) is 0 Å². The molecule has 2 heterocycles. The number of aromatic nitrogens is 2. The van der Waals surface area contributed by atoms with Crippen molar-refractivity contribution in [3.05, 3.63) is 82.0 Å². The van der Waals surface area contributed by atoms with E-state index in [1.54, 1.807) is 23.1 Å². The smallest absolute Gasteiger partial charge is 0.322 e. The normalized spacial score (nSPS) is 13.8. The molecule has 1 aromatic heterocycles. The lowest BCUT2D eigenvalue weighted by Crippen LogP contribution is -2.50. The molecule has 0 saturated carbocycles. The van der Waals surface area contributed by atoms with Crippen molar-refractivity contribution in [1.29, 1.82) is 0 Å². The average Bonchev–Trinajstić information content (AvgIpc) is 2.82. The quantitative estimate of drug-likeness (QED) is 0.568. The molecule has 172 valence electrons. The maximum Gasteiger partial charge on any atom is 0.322 e. The number of nitrogens with one attached hydrogen (secondary N) is 1. The summed E-state index contributed by atoms with van der Waals surface area (Å²) in [7, 11) is 0. The molecule has 1 aliphatic rings. The minimum atomic E-state index is -0.445. The van der Waals surface area contributed by atoms with Gasteiger partial charge in [0.15, 0.2) is 0 Å². The number of para-hydroxylation sites is 1. The number of carbonyl (C=O) groups is 1. The zero-order valence-corrected chi connectivity index (χ0v) is 19.6. The minimum absolute atomic E-state index is 0.189. The lowest BCUT2D eigenvalue weighted by atomic mass is 10.0. The Morgan fingerprint density at radius 2 is 1.76 bits per heavy atom. The van der Waals surface area contributed by atoms with Gasteiger partial charge >= 0.3 is 6.03 Å². The SMILES string of the molecule is CCc1nc(C)nc(N2CCN(C(=O)Nc3ccccc3F)CC2)c1Cc1ccc(Cl)cc1. The van der Waals surface area contributed by atoms with Gasteiger partial charge < -0.3 is 15.1 Å². The number of anilines is 2. The highest BCUT2D eigenvalue weighted by Gasteiger charge is 2.25. The molecule has 8 heteroatoms. The zero-order chi connectivity index (χ0) is 23.4. The van der Waals surface area contributed by atoms with Gasteiger partial charge in [0.1, 0.15) is 17.5 Å². The molecular formula is C25H27ClFN5O. The van der Waals surface area contributed by atoms with Crippen LogP contribution in [0.1, 0.15) is 29.6 Å². The molecule has 0 unspecified atom stereocenters. The topological polar surface area (TPSA) is 61.4 Å². The lowest BCUT2D eigenvalue weighted by Gasteiger charge is -2.36. The maximum atomic E-state index is 13.9. The Morgan fingerprint density at radius 3 is 2.42 bits per heavy atom. The Labute approximate surface area is 198 Å². The monoisotopic (exact) mass is 467 g/mol. The largest absolute Gasteiger partial charge is 0.353 e. The zero-order valence-electron chi connectivity index (χ0n) is 18.8. The Balaban J connectivity index is 1.50. The van der Waals surface area contributed by atoms with Gasteiger partial charge in [-0.2, -0.15) is 0 Å². The van der Waals surface area contributed by atoms with Gasteiger partial charge in [0.05, 0.1) is 5.69 Å². The number of piperazine rings is 1. The number of carbonyl (C=O) groups excluding carboxylic acids is 1. The third-order valence-corrected chi connectivity index (χ3v) is 6.05. The number of benzene rings is 2. The second-order valence-electron chi connectivity index (χ2n) is 8.06. The van der Waals surface area contributed by atoms with Gasteiger partial charge in [-0.3, -0.25) is 0 Å². The highest BCUT2D eigenvalue weighted by Crippen LogP contribution is 2.26. The van der Waals surface area contributed by atoms with Crippen molar-refractivity contribution >= 4 is 29.1 Å². The Morgan fingerprint density at radius 1 is 1.06 bits per heavy atom. The fraction of sp³-hybridized carbons (Fsp3) is 0.320. The molecule has 6 nitrogen and oxygen atoms in total. The van der Waals surface area contributed by atoms with E-state index in [0.717, 1.165) is 34.9 Å². The maximum absolute atomic E-state index is 13.9. The van der Waals surface area contributed by atoms with Gasteiger partial charge in [-0.15, -0.1) is 0 Å². The first kappa shape index (κ1) is 23.0. The van der Waals surface area contributed by atoms with Crippen molar-refractivity contribution in [2.75, 3.05) is 36.4 Å². The molecule has 3 aromatic rings. The van der Waals surface area contributed by atoms with Gasteiger partial charge in [0, 0.05) is 48.9 Å². The second-order valence-corrected chi connectivity index (χ2v) is 8.50. The molecule has 4 rings (SSSR count). The summed E-state index contributed by atoms with van der Waals surface area (Å²) in [6, 6.07) is 13.7. The minimum Gasteiger partial charge on any atom is -0.353 e. The van der Waals surface area contributed by atoms with Crippen LogP contribution in [0.4, 0.5) is 20.7 Å². The number of halogens is 2. The summed E-state index contributed by atoms with van der Waals surface area (Å²) >= 11 is 6.05. The van der Waals surface area contributed by atoms with E-state index in [0.29, 0.717) is 37.6 Å². The fourth-order valence-corrected chi connectivity index (χ4v) is 4.18. The molecule has 2 aromatic carbocycles. The van der Waals surface area contributed by atoms with Gasteiger partial charge in [-0.1, -0.05) is 42.8 Å². The van der Waals surface area contributed by atoms with Gasteiger partial charge in [0.25, 0.3) is 0 Å². The van der Waals surface area contributed by atoms with Crippen LogP contribution in [0, 0.1) is 12.7 Å². The van der Waals surface area contributed by atoms with E-state index in [9.17, 15) is 9.18 Å². The standard InChI is InChI=1S/C25H27ClFN5O/c1-3-22-20(16-18-8-10-19(26)11-9-18)24(29-17(2)28-22)31-12-14-32(15-13-31)25(33)30-23-7-5-4-6-21(23)27/h4-11H,3,12-16H2,1-2H3,(H,30,33). The summed E-state index contributed by atoms with van der Waals surface area (Å²) in [6.45, 7) is 6.32. The van der Waals surface area contributed by atoms with Gasteiger partial charge in [-0.05, 0) is 43.2 Å². The second kappa shape index (κ2) is 10.2. The molecule has 0 atom stereocenters. The van der Waals surface area contributed by atoms with Crippen molar-refractivity contribution in [2.45, 2.75) is 26.7 Å². The first-order chi connectivity index (χ1) is 15.9. The van der Waals surface area contributed by atoms with Crippen LogP contribution in [0.15, 0.2) is 48.5 Å². The number of nitrogens with zero attached hydrogens (tertiary/aromatic N) is 4. The fourth-order valence-electron chi connectivity index (χ4n) is 4.06. The summed E-state index contributed by atoms with van der Waals surface area (Å²) in [5.41, 5.74) is 3.47. The van der Waals surface area contributed by atoms with E-state index in [2.05, 4.69) is 22.1 Å². The van der Waals surface area contributed by atoms with Crippen LogP contribution in [-0.2, 0) is 12.8 Å². The van der Waals surface area contributed by atoms with Crippen molar-refractivity contribution in [1.82, 2.24) is 14.9 Å². The molecule has 0 radical (unpaired) electrons. The Kier molecular flexibility index (Phi) is 7.08. The summed E-state index contributed by atoms with van der Waals surface area (Å²) < 4.78 is 13.9. The molecule has 1 fully saturated rings. The third-order valence-electron chi connectivity index (χ3n) is 5.79. The highest BCUT2D eigenvalue weighted by atomic mass is 35.5. The number of hydrogen-bond acceptors (Lipinski definition) is 4. The molecule has 0 spiro atoms. The van der Waals surface area contributed by atoms with Crippen LogP contribution >= 0.6 is 11.6 Å². The van der Waals surface area contributed by atoms with E-state index in [1.807, 2.05) is 31.2 Å². The van der Waals surface area contributed by atoms with Crippen LogP contribution in [0.3, 0.4) is 0 Å². The molecule has 0 bridgehead atoms. The van der Waals surface area contributed by atoms with Crippen molar-refractivity contribution < 1.29 is 9.18 Å². The summed E-state index contributed by atoms with van der Waals surface area (Å²) in [4.78, 5) is 26.0. The molecule has 1 saturated heterocycles. The number of aryl methyl sites for hydroxylation is 2. The summed E-state index contributed by atoms with van der Waals surface area (Å²) in [5.74, 6) is 1.21. The number of rotatable bonds is 5. The third kappa shape index (κ3) is 5.42. The molecule has 2 amide bonds. The summed E-state index contributed by atoms with van der Waals surface area (Å²) in [5, 5.41) is 3.38. The van der Waals surface area contributed by atoms with E-state index in [4.69, 9.17) is 16.6 Å². The number of urea groups is 1. The van der Waals surface area contributed by atoms with Crippen molar-refractivity contribution in [3.8, 4) is 0 Å². The van der Waals surface area contributed by atoms with E-state index in [-0.39, 0.29) is 11.7 Å². The summed E-state index contributed by atoms with van der Waals surface area (Å²) in [6.07, 6.45) is 1.52. The average molecular weight is 468 g/mol. The van der Waals surface area contributed by atoms with E-state index >= 15 is 0 Å². The Hall–Kier alpha value is -3.19. The molecular weight excluding hydrogens is 441 g/mol. The van der Waals surface area contributed by atoms with E-state index < -0.39 is 5.82 Å². The molecule has 1 N–H and O–H groups in total. The van der Waals surface area contributed by atoms with Crippen molar-refractivity contribution in [2.24, 2.45) is 0 Å². The first-order valence-electron chi connectivity index (χ1n) is 11.1. The van der Waals surface area contributed by atoms with E-state index in [1.165, 1.54) is 6.07 Å². The number of hydrogen-bond donors (Lipinski definition) is 1. The van der Waals surface area contributed by atoms with Crippen LogP contribution in [0.25, 0.3) is 0 Å². The van der Waals surface area contributed by atoms with Crippen LogP contribution in [0.2, 0.25) is 5.02 Å². The first-order valence-corrected chi connectivity index (χ1v) is 11.5. The van der Waals surface area contributed by atoms with Crippen molar-refractivity contribution in [3.63, 3.8) is 0 Å². The molecule has 0 aliphatic carbocycles. The van der Waals surface area contributed by atoms with Gasteiger partial charge in [-0.25, -0.2) is 19.2 Å². The molecule has 1 aliphatic heterocycles. The molecule has 33 heavy (non-hydrogen) atoms.